The summed E-state index contributed by atoms with van der Waals surface area (Å²) >= 11 is 0. The highest BCUT2D eigenvalue weighted by atomic mass is 16.5. The molecule has 0 unspecified atom stereocenters. The van der Waals surface area contributed by atoms with Crippen molar-refractivity contribution in [1.29, 1.82) is 0 Å². The van der Waals surface area contributed by atoms with Gasteiger partial charge in [0.25, 0.3) is 0 Å². The van der Waals surface area contributed by atoms with Crippen LogP contribution in [-0.4, -0.2) is 29.8 Å². The maximum atomic E-state index is 11.6. The van der Waals surface area contributed by atoms with Crippen LogP contribution in [0.3, 0.4) is 0 Å². The molecule has 118 valence electrons. The number of aromatic nitrogens is 2. The van der Waals surface area contributed by atoms with E-state index in [2.05, 4.69) is 22.4 Å². The number of hydrogen-bond acceptors (Lipinski definition) is 5. The lowest BCUT2D eigenvalue weighted by molar-refractivity contribution is -0.121. The molecule has 0 aliphatic rings. The van der Waals surface area contributed by atoms with Gasteiger partial charge in [0.15, 0.2) is 0 Å². The molecule has 1 aromatic heterocycles. The summed E-state index contributed by atoms with van der Waals surface area (Å²) in [5.41, 5.74) is 0.826. The van der Waals surface area contributed by atoms with Gasteiger partial charge in [-0.05, 0) is 30.7 Å². The number of amides is 1. The summed E-state index contributed by atoms with van der Waals surface area (Å²) in [6.07, 6.45) is 2.86. The van der Waals surface area contributed by atoms with Gasteiger partial charge in [0.2, 0.25) is 17.7 Å². The van der Waals surface area contributed by atoms with Crippen molar-refractivity contribution in [2.75, 3.05) is 13.7 Å². The van der Waals surface area contributed by atoms with Gasteiger partial charge in [0, 0.05) is 24.9 Å². The van der Waals surface area contributed by atoms with Crippen molar-refractivity contribution in [2.24, 2.45) is 0 Å². The third kappa shape index (κ3) is 4.58. The first-order chi connectivity index (χ1) is 10.7. The third-order valence-corrected chi connectivity index (χ3v) is 3.22. The quantitative estimate of drug-likeness (QED) is 0.758. The Hall–Kier alpha value is -2.37. The van der Waals surface area contributed by atoms with Crippen molar-refractivity contribution in [3.8, 4) is 17.2 Å². The van der Waals surface area contributed by atoms with Crippen LogP contribution in [0.4, 0.5) is 0 Å². The summed E-state index contributed by atoms with van der Waals surface area (Å²) < 4.78 is 10.7. The highest BCUT2D eigenvalue weighted by Crippen LogP contribution is 2.21. The predicted octanol–water partition coefficient (Wildman–Crippen LogP) is 2.59. The molecule has 0 fully saturated rings. The van der Waals surface area contributed by atoms with Crippen LogP contribution >= 0.6 is 0 Å². The van der Waals surface area contributed by atoms with E-state index in [-0.39, 0.29) is 5.91 Å². The molecule has 1 aromatic carbocycles. The SMILES string of the molecule is CCCCNC(=O)CCc1nnc(-c2ccc(OC)cc2)o1. The molecule has 0 saturated heterocycles. The number of carbonyl (C=O) groups excluding carboxylic acids is 1. The maximum absolute atomic E-state index is 11.6. The van der Waals surface area contributed by atoms with Gasteiger partial charge in [0.05, 0.1) is 7.11 Å². The first-order valence-corrected chi connectivity index (χ1v) is 7.46. The van der Waals surface area contributed by atoms with Gasteiger partial charge in [-0.15, -0.1) is 10.2 Å². The zero-order chi connectivity index (χ0) is 15.8. The van der Waals surface area contributed by atoms with E-state index in [1.165, 1.54) is 0 Å². The fourth-order valence-corrected chi connectivity index (χ4v) is 1.92. The lowest BCUT2D eigenvalue weighted by Gasteiger charge is -2.02. The van der Waals surface area contributed by atoms with Crippen LogP contribution in [0.5, 0.6) is 5.75 Å². The molecule has 6 heteroatoms. The Balaban J connectivity index is 1.86. The van der Waals surface area contributed by atoms with Crippen molar-refractivity contribution in [2.45, 2.75) is 32.6 Å². The smallest absolute Gasteiger partial charge is 0.247 e. The minimum Gasteiger partial charge on any atom is -0.497 e. The van der Waals surface area contributed by atoms with E-state index in [0.29, 0.717) is 24.6 Å². The number of aryl methyl sites for hydroxylation is 1. The Labute approximate surface area is 129 Å². The fraction of sp³-hybridized carbons (Fsp3) is 0.438. The molecule has 1 N–H and O–H groups in total. The lowest BCUT2D eigenvalue weighted by atomic mass is 10.2. The largest absolute Gasteiger partial charge is 0.497 e. The van der Waals surface area contributed by atoms with Gasteiger partial charge in [0.1, 0.15) is 5.75 Å². The Morgan fingerprint density at radius 3 is 2.73 bits per heavy atom. The Morgan fingerprint density at radius 2 is 2.05 bits per heavy atom. The normalized spacial score (nSPS) is 10.5. The number of rotatable bonds is 8. The highest BCUT2D eigenvalue weighted by Gasteiger charge is 2.10. The molecule has 22 heavy (non-hydrogen) atoms. The highest BCUT2D eigenvalue weighted by molar-refractivity contribution is 5.75. The molecule has 6 nitrogen and oxygen atoms in total. The molecule has 0 bridgehead atoms. The van der Waals surface area contributed by atoms with Gasteiger partial charge in [-0.1, -0.05) is 13.3 Å². The molecule has 0 aliphatic carbocycles. The van der Waals surface area contributed by atoms with Crippen molar-refractivity contribution in [1.82, 2.24) is 15.5 Å². The van der Waals surface area contributed by atoms with Crippen molar-refractivity contribution >= 4 is 5.91 Å². The molecule has 2 rings (SSSR count). The number of nitrogens with zero attached hydrogens (tertiary/aromatic N) is 2. The van der Waals surface area contributed by atoms with E-state index >= 15 is 0 Å². The second-order valence-corrected chi connectivity index (χ2v) is 4.93. The summed E-state index contributed by atoms with van der Waals surface area (Å²) in [4.78, 5) is 11.6. The van der Waals surface area contributed by atoms with Crippen LogP contribution in [0, 0.1) is 0 Å². The van der Waals surface area contributed by atoms with E-state index in [1.54, 1.807) is 7.11 Å². The molecular formula is C16H21N3O3. The van der Waals surface area contributed by atoms with Gasteiger partial charge < -0.3 is 14.5 Å². The van der Waals surface area contributed by atoms with Gasteiger partial charge in [-0.2, -0.15) is 0 Å². The van der Waals surface area contributed by atoms with Crippen LogP contribution in [0.1, 0.15) is 32.1 Å². The number of ether oxygens (including phenoxy) is 1. The van der Waals surface area contributed by atoms with Gasteiger partial charge >= 0.3 is 0 Å². The second-order valence-electron chi connectivity index (χ2n) is 4.93. The van der Waals surface area contributed by atoms with Crippen LogP contribution in [0.25, 0.3) is 11.5 Å². The number of unbranched alkanes of at least 4 members (excludes halogenated alkanes) is 1. The van der Waals surface area contributed by atoms with E-state index in [4.69, 9.17) is 9.15 Å². The van der Waals surface area contributed by atoms with Crippen LogP contribution in [0.2, 0.25) is 0 Å². The fourth-order valence-electron chi connectivity index (χ4n) is 1.92. The van der Waals surface area contributed by atoms with E-state index < -0.39 is 0 Å². The molecule has 1 heterocycles. The number of nitrogens with one attached hydrogen (secondary N) is 1. The molecule has 1 amide bonds. The minimum absolute atomic E-state index is 0.0117. The second kappa shape index (κ2) is 8.17. The molecule has 0 radical (unpaired) electrons. The third-order valence-electron chi connectivity index (χ3n) is 3.22. The lowest BCUT2D eigenvalue weighted by Crippen LogP contribution is -2.24. The van der Waals surface area contributed by atoms with Crippen molar-refractivity contribution in [3.05, 3.63) is 30.2 Å². The van der Waals surface area contributed by atoms with E-state index in [0.717, 1.165) is 30.7 Å². The average molecular weight is 303 g/mol. The van der Waals surface area contributed by atoms with Gasteiger partial charge in [-0.3, -0.25) is 4.79 Å². The Bertz CT molecular complexity index is 593. The van der Waals surface area contributed by atoms with Crippen LogP contribution in [-0.2, 0) is 11.2 Å². The summed E-state index contributed by atoms with van der Waals surface area (Å²) in [5.74, 6) is 1.70. The molecule has 0 aliphatic heterocycles. The van der Waals surface area contributed by atoms with Crippen LogP contribution < -0.4 is 10.1 Å². The van der Waals surface area contributed by atoms with E-state index in [1.807, 2.05) is 24.3 Å². The average Bonchev–Trinajstić information content (AvgIpc) is 3.02. The number of hydrogen-bond donors (Lipinski definition) is 1. The topological polar surface area (TPSA) is 77.2 Å². The number of methoxy groups -OCH3 is 1. The monoisotopic (exact) mass is 303 g/mol. The van der Waals surface area contributed by atoms with Crippen molar-refractivity contribution < 1.29 is 13.9 Å². The minimum atomic E-state index is 0.0117. The number of benzene rings is 1. The first-order valence-electron chi connectivity index (χ1n) is 7.46. The van der Waals surface area contributed by atoms with E-state index in [9.17, 15) is 4.79 Å². The number of carbonyl (C=O) groups is 1. The zero-order valence-corrected chi connectivity index (χ0v) is 13.0. The Morgan fingerprint density at radius 1 is 1.27 bits per heavy atom. The molecule has 0 saturated carbocycles. The molecular weight excluding hydrogens is 282 g/mol. The van der Waals surface area contributed by atoms with Crippen molar-refractivity contribution in [3.63, 3.8) is 0 Å². The zero-order valence-electron chi connectivity index (χ0n) is 13.0. The molecule has 2 aromatic rings. The van der Waals surface area contributed by atoms with Gasteiger partial charge in [-0.25, -0.2) is 0 Å². The Kier molecular flexibility index (Phi) is 5.94. The summed E-state index contributed by atoms with van der Waals surface area (Å²) in [6, 6.07) is 7.38. The summed E-state index contributed by atoms with van der Waals surface area (Å²) in [7, 11) is 1.62. The maximum Gasteiger partial charge on any atom is 0.247 e. The predicted molar refractivity (Wildman–Crippen MR) is 82.5 cm³/mol. The summed E-state index contributed by atoms with van der Waals surface area (Å²) in [5, 5.41) is 10.8. The molecule has 0 atom stereocenters. The first kappa shape index (κ1) is 16.0. The summed E-state index contributed by atoms with van der Waals surface area (Å²) in [6.45, 7) is 2.81. The molecule has 0 spiro atoms. The van der Waals surface area contributed by atoms with Crippen LogP contribution in [0.15, 0.2) is 28.7 Å². The standard InChI is InChI=1S/C16H21N3O3/c1-3-4-11-17-14(20)9-10-15-18-19-16(22-15)12-5-7-13(21-2)8-6-12/h5-8H,3-4,9-11H2,1-2H3,(H,17,20).